The van der Waals surface area contributed by atoms with E-state index in [9.17, 15) is 18.3 Å². The predicted octanol–water partition coefficient (Wildman–Crippen LogP) is 4.29. The van der Waals surface area contributed by atoms with Gasteiger partial charge in [-0.15, -0.1) is 0 Å². The summed E-state index contributed by atoms with van der Waals surface area (Å²) < 4.78 is 45.3. The van der Waals surface area contributed by atoms with Crippen molar-refractivity contribution in [2.75, 3.05) is 16.9 Å². The van der Waals surface area contributed by atoms with E-state index in [-0.39, 0.29) is 10.8 Å². The van der Waals surface area contributed by atoms with E-state index in [1.807, 2.05) is 0 Å². The lowest BCUT2D eigenvalue weighted by Gasteiger charge is -2.33. The van der Waals surface area contributed by atoms with Crippen LogP contribution in [0.25, 0.3) is 0 Å². The monoisotopic (exact) mass is 421 g/mol. The standard InChI is InChI=1S/C20H18F3N3O2S/c1-19(2)17(27)25(14-5-4-12(11-24)16(10-14)20(21,22)23)18(29)26(19)13-6-8-15(28-3)9-7-13/h4-10,17,27H,1-3H3. The number of nitrogens with zero attached hydrogens (tertiary/aromatic N) is 3. The number of anilines is 2. The molecule has 2 aromatic carbocycles. The third kappa shape index (κ3) is 3.50. The van der Waals surface area contributed by atoms with Crippen molar-refractivity contribution in [2.45, 2.75) is 31.8 Å². The van der Waals surface area contributed by atoms with E-state index in [0.29, 0.717) is 11.4 Å². The number of methoxy groups -OCH3 is 1. The van der Waals surface area contributed by atoms with Crippen LogP contribution in [-0.2, 0) is 6.18 Å². The summed E-state index contributed by atoms with van der Waals surface area (Å²) in [4.78, 5) is 2.94. The molecule has 152 valence electrons. The van der Waals surface area contributed by atoms with Gasteiger partial charge in [-0.3, -0.25) is 4.90 Å². The molecule has 0 saturated carbocycles. The third-order valence-corrected chi connectivity index (χ3v) is 5.27. The second-order valence-corrected chi connectivity index (χ2v) is 7.42. The van der Waals surface area contributed by atoms with Crippen molar-refractivity contribution in [2.24, 2.45) is 0 Å². The highest BCUT2D eigenvalue weighted by atomic mass is 32.1. The normalized spacial score (nSPS) is 18.7. The summed E-state index contributed by atoms with van der Waals surface area (Å²) in [6.45, 7) is 3.48. The van der Waals surface area contributed by atoms with E-state index in [2.05, 4.69) is 0 Å². The number of hydrogen-bond acceptors (Lipinski definition) is 4. The number of benzene rings is 2. The van der Waals surface area contributed by atoms with Crippen molar-refractivity contribution >= 4 is 28.7 Å². The van der Waals surface area contributed by atoms with Crippen LogP contribution in [0.4, 0.5) is 24.5 Å². The molecule has 1 unspecified atom stereocenters. The van der Waals surface area contributed by atoms with Gasteiger partial charge in [0.15, 0.2) is 11.3 Å². The summed E-state index contributed by atoms with van der Waals surface area (Å²) >= 11 is 5.53. The molecule has 0 radical (unpaired) electrons. The molecule has 1 saturated heterocycles. The van der Waals surface area contributed by atoms with Crippen molar-refractivity contribution in [3.63, 3.8) is 0 Å². The molecular weight excluding hydrogens is 403 g/mol. The highest BCUT2D eigenvalue weighted by Gasteiger charge is 2.50. The minimum atomic E-state index is -4.71. The number of hydrogen-bond donors (Lipinski definition) is 1. The first-order valence-corrected chi connectivity index (χ1v) is 9.00. The van der Waals surface area contributed by atoms with Gasteiger partial charge in [0.1, 0.15) is 5.75 Å². The maximum absolute atomic E-state index is 13.4. The second-order valence-electron chi connectivity index (χ2n) is 7.05. The SMILES string of the molecule is COc1ccc(N2C(=S)N(c3ccc(C#N)c(C(F)(F)F)c3)C(O)C2(C)C)cc1. The quantitative estimate of drug-likeness (QED) is 0.746. The fourth-order valence-corrected chi connectivity index (χ4v) is 3.88. The van der Waals surface area contributed by atoms with Crippen molar-refractivity contribution in [3.8, 4) is 11.8 Å². The number of ether oxygens (including phenoxy) is 1. The van der Waals surface area contributed by atoms with Crippen molar-refractivity contribution in [1.29, 1.82) is 5.26 Å². The van der Waals surface area contributed by atoms with E-state index in [4.69, 9.17) is 22.2 Å². The molecule has 1 fully saturated rings. The van der Waals surface area contributed by atoms with Crippen molar-refractivity contribution in [3.05, 3.63) is 53.6 Å². The highest BCUT2D eigenvalue weighted by Crippen LogP contribution is 2.41. The molecule has 0 bridgehead atoms. The Labute approximate surface area is 171 Å². The fourth-order valence-electron chi connectivity index (χ4n) is 3.33. The molecule has 3 rings (SSSR count). The molecule has 0 spiro atoms. The summed E-state index contributed by atoms with van der Waals surface area (Å²) in [5.41, 5.74) is -1.79. The zero-order valence-electron chi connectivity index (χ0n) is 15.9. The lowest BCUT2D eigenvalue weighted by Crippen LogP contribution is -2.47. The van der Waals surface area contributed by atoms with Gasteiger partial charge in [-0.05, 0) is 68.5 Å². The van der Waals surface area contributed by atoms with E-state index >= 15 is 0 Å². The van der Waals surface area contributed by atoms with Gasteiger partial charge in [0, 0.05) is 11.4 Å². The molecule has 29 heavy (non-hydrogen) atoms. The molecule has 0 amide bonds. The minimum Gasteiger partial charge on any atom is -0.497 e. The van der Waals surface area contributed by atoms with Gasteiger partial charge >= 0.3 is 6.18 Å². The summed E-state index contributed by atoms with van der Waals surface area (Å²) in [5, 5.41) is 20.1. The molecule has 1 N–H and O–H groups in total. The Morgan fingerprint density at radius 3 is 2.24 bits per heavy atom. The molecule has 1 aliphatic heterocycles. The Morgan fingerprint density at radius 2 is 1.72 bits per heavy atom. The zero-order chi connectivity index (χ0) is 21.6. The largest absolute Gasteiger partial charge is 0.497 e. The van der Waals surface area contributed by atoms with Crippen LogP contribution >= 0.6 is 12.2 Å². The first-order chi connectivity index (χ1) is 13.5. The average Bonchev–Trinajstić information content (AvgIpc) is 2.85. The van der Waals surface area contributed by atoms with Crippen LogP contribution in [0.15, 0.2) is 42.5 Å². The average molecular weight is 421 g/mol. The highest BCUT2D eigenvalue weighted by molar-refractivity contribution is 7.80. The van der Waals surface area contributed by atoms with Crippen LogP contribution < -0.4 is 14.5 Å². The molecule has 0 aliphatic carbocycles. The molecule has 1 aliphatic rings. The van der Waals surface area contributed by atoms with Gasteiger partial charge in [-0.1, -0.05) is 0 Å². The number of thiocarbonyl (C=S) groups is 1. The summed E-state index contributed by atoms with van der Waals surface area (Å²) in [6, 6.07) is 11.8. The van der Waals surface area contributed by atoms with Crippen LogP contribution in [0, 0.1) is 11.3 Å². The van der Waals surface area contributed by atoms with Crippen LogP contribution in [0.1, 0.15) is 25.0 Å². The van der Waals surface area contributed by atoms with Crippen LogP contribution in [0.3, 0.4) is 0 Å². The molecule has 5 nitrogen and oxygen atoms in total. The summed E-state index contributed by atoms with van der Waals surface area (Å²) in [5.74, 6) is 0.635. The fraction of sp³-hybridized carbons (Fsp3) is 0.300. The van der Waals surface area contributed by atoms with Crippen LogP contribution in [0.2, 0.25) is 0 Å². The van der Waals surface area contributed by atoms with Crippen molar-refractivity contribution in [1.82, 2.24) is 0 Å². The van der Waals surface area contributed by atoms with E-state index < -0.39 is 29.1 Å². The Morgan fingerprint density at radius 1 is 1.14 bits per heavy atom. The van der Waals surface area contributed by atoms with E-state index in [1.165, 1.54) is 18.1 Å². The van der Waals surface area contributed by atoms with Gasteiger partial charge in [0.05, 0.1) is 29.8 Å². The number of nitriles is 1. The molecule has 0 aromatic heterocycles. The number of halogens is 3. The molecular formula is C20H18F3N3O2S. The maximum Gasteiger partial charge on any atom is 0.417 e. The van der Waals surface area contributed by atoms with Crippen LogP contribution in [-0.4, -0.2) is 29.1 Å². The summed E-state index contributed by atoms with van der Waals surface area (Å²) in [6.07, 6.45) is -5.93. The lowest BCUT2D eigenvalue weighted by atomic mass is 10.0. The van der Waals surface area contributed by atoms with Crippen molar-refractivity contribution < 1.29 is 23.0 Å². The number of aliphatic hydroxyl groups excluding tert-OH is 1. The number of aliphatic hydroxyl groups is 1. The Bertz CT molecular complexity index is 984. The van der Waals surface area contributed by atoms with E-state index in [1.54, 1.807) is 49.1 Å². The van der Waals surface area contributed by atoms with Gasteiger partial charge in [-0.25, -0.2) is 0 Å². The Hall–Kier alpha value is -2.83. The maximum atomic E-state index is 13.4. The smallest absolute Gasteiger partial charge is 0.417 e. The number of alkyl halides is 3. The lowest BCUT2D eigenvalue weighted by molar-refractivity contribution is -0.137. The molecule has 1 atom stereocenters. The first kappa shape index (κ1) is 20.9. The van der Waals surface area contributed by atoms with E-state index in [0.717, 1.165) is 12.1 Å². The second kappa shape index (κ2) is 7.21. The summed E-state index contributed by atoms with van der Waals surface area (Å²) in [7, 11) is 1.54. The van der Waals surface area contributed by atoms with Gasteiger partial charge in [-0.2, -0.15) is 18.4 Å². The molecule has 9 heteroatoms. The first-order valence-electron chi connectivity index (χ1n) is 8.59. The third-order valence-electron chi connectivity index (χ3n) is 4.89. The Kier molecular flexibility index (Phi) is 5.19. The van der Waals surface area contributed by atoms with Gasteiger partial charge in [0.2, 0.25) is 0 Å². The van der Waals surface area contributed by atoms with Crippen LogP contribution in [0.5, 0.6) is 5.75 Å². The minimum absolute atomic E-state index is 0.0536. The van der Waals surface area contributed by atoms with Gasteiger partial charge in [0.25, 0.3) is 0 Å². The number of rotatable bonds is 3. The predicted molar refractivity (Wildman–Crippen MR) is 107 cm³/mol. The zero-order valence-corrected chi connectivity index (χ0v) is 16.7. The topological polar surface area (TPSA) is 59.7 Å². The molecule has 2 aromatic rings. The van der Waals surface area contributed by atoms with Gasteiger partial charge < -0.3 is 14.7 Å². The molecule has 1 heterocycles. The Balaban J connectivity index is 2.07.